The van der Waals surface area contributed by atoms with E-state index in [9.17, 15) is 4.39 Å². The van der Waals surface area contributed by atoms with Crippen molar-refractivity contribution in [2.24, 2.45) is 7.05 Å². The van der Waals surface area contributed by atoms with Crippen molar-refractivity contribution in [3.63, 3.8) is 0 Å². The van der Waals surface area contributed by atoms with Crippen molar-refractivity contribution in [3.8, 4) is 5.75 Å². The van der Waals surface area contributed by atoms with Crippen molar-refractivity contribution in [1.82, 2.24) is 9.55 Å². The Morgan fingerprint density at radius 3 is 2.94 bits per heavy atom. The molecular formula is C11H12FN3O. The van der Waals surface area contributed by atoms with E-state index in [0.717, 1.165) is 0 Å². The number of rotatable bonds is 3. The van der Waals surface area contributed by atoms with E-state index in [0.29, 0.717) is 17.4 Å². The zero-order chi connectivity index (χ0) is 11.5. The average molecular weight is 221 g/mol. The van der Waals surface area contributed by atoms with Crippen LogP contribution in [0.1, 0.15) is 5.69 Å². The lowest BCUT2D eigenvalue weighted by atomic mass is 10.3. The van der Waals surface area contributed by atoms with Gasteiger partial charge in [0.05, 0.1) is 5.69 Å². The molecule has 0 unspecified atom stereocenters. The van der Waals surface area contributed by atoms with E-state index in [1.54, 1.807) is 29.9 Å². The van der Waals surface area contributed by atoms with Gasteiger partial charge in [0, 0.05) is 19.3 Å². The molecule has 0 saturated heterocycles. The number of aromatic nitrogens is 2. The third-order valence-corrected chi connectivity index (χ3v) is 2.14. The predicted molar refractivity (Wildman–Crippen MR) is 58.4 cm³/mol. The fourth-order valence-electron chi connectivity index (χ4n) is 1.33. The van der Waals surface area contributed by atoms with Gasteiger partial charge in [-0.2, -0.15) is 0 Å². The first-order valence-electron chi connectivity index (χ1n) is 4.81. The monoisotopic (exact) mass is 221 g/mol. The van der Waals surface area contributed by atoms with Gasteiger partial charge in [-0.15, -0.1) is 0 Å². The molecule has 4 nitrogen and oxygen atoms in total. The number of imidazole rings is 1. The summed E-state index contributed by atoms with van der Waals surface area (Å²) in [4.78, 5) is 4.07. The van der Waals surface area contributed by atoms with E-state index in [2.05, 4.69) is 4.98 Å². The Hall–Kier alpha value is -2.04. The van der Waals surface area contributed by atoms with Crippen molar-refractivity contribution in [2.45, 2.75) is 6.61 Å². The topological polar surface area (TPSA) is 53.1 Å². The fraction of sp³-hybridized carbons (Fsp3) is 0.182. The number of nitrogen functional groups attached to an aromatic ring is 1. The first kappa shape index (κ1) is 10.5. The summed E-state index contributed by atoms with van der Waals surface area (Å²) in [5, 5.41) is 0. The Labute approximate surface area is 92.5 Å². The molecule has 0 amide bonds. The summed E-state index contributed by atoms with van der Waals surface area (Å²) in [5.41, 5.74) is 6.28. The second kappa shape index (κ2) is 4.22. The maximum absolute atomic E-state index is 12.8. The first-order chi connectivity index (χ1) is 7.65. The van der Waals surface area contributed by atoms with E-state index in [-0.39, 0.29) is 12.4 Å². The van der Waals surface area contributed by atoms with Crippen LogP contribution in [0.4, 0.5) is 10.3 Å². The molecule has 0 aliphatic heterocycles. The van der Waals surface area contributed by atoms with E-state index in [4.69, 9.17) is 10.5 Å². The third kappa shape index (κ3) is 2.31. The molecule has 2 aromatic rings. The predicted octanol–water partition coefficient (Wildman–Crippen LogP) is 1.72. The largest absolute Gasteiger partial charge is 0.487 e. The van der Waals surface area contributed by atoms with Gasteiger partial charge in [-0.05, 0) is 12.1 Å². The average Bonchev–Trinajstić information content (AvgIpc) is 2.56. The minimum atomic E-state index is -0.321. The molecule has 84 valence electrons. The van der Waals surface area contributed by atoms with Crippen molar-refractivity contribution in [2.75, 3.05) is 5.73 Å². The normalized spacial score (nSPS) is 10.4. The van der Waals surface area contributed by atoms with Crippen molar-refractivity contribution in [3.05, 3.63) is 42.0 Å². The minimum Gasteiger partial charge on any atom is -0.487 e. The highest BCUT2D eigenvalue weighted by atomic mass is 19.1. The van der Waals surface area contributed by atoms with Gasteiger partial charge in [0.2, 0.25) is 0 Å². The zero-order valence-electron chi connectivity index (χ0n) is 8.85. The van der Waals surface area contributed by atoms with Crippen molar-refractivity contribution < 1.29 is 9.13 Å². The molecule has 16 heavy (non-hydrogen) atoms. The molecule has 0 spiro atoms. The number of benzene rings is 1. The highest BCUT2D eigenvalue weighted by molar-refractivity contribution is 5.24. The Morgan fingerprint density at radius 1 is 1.50 bits per heavy atom. The van der Waals surface area contributed by atoms with Gasteiger partial charge in [-0.3, -0.25) is 0 Å². The lowest BCUT2D eigenvalue weighted by molar-refractivity contribution is 0.300. The van der Waals surface area contributed by atoms with Crippen LogP contribution in [-0.2, 0) is 13.7 Å². The van der Waals surface area contributed by atoms with Crippen LogP contribution < -0.4 is 10.5 Å². The Kier molecular flexibility index (Phi) is 2.76. The number of hydrogen-bond donors (Lipinski definition) is 1. The highest BCUT2D eigenvalue weighted by Gasteiger charge is 2.03. The molecule has 0 fully saturated rings. The minimum absolute atomic E-state index is 0.272. The van der Waals surface area contributed by atoms with Crippen molar-refractivity contribution in [1.29, 1.82) is 0 Å². The lowest BCUT2D eigenvalue weighted by Crippen LogP contribution is -1.96. The number of hydrogen-bond acceptors (Lipinski definition) is 3. The highest BCUT2D eigenvalue weighted by Crippen LogP contribution is 2.14. The Morgan fingerprint density at radius 2 is 2.31 bits per heavy atom. The molecule has 0 aliphatic carbocycles. The second-order valence-corrected chi connectivity index (χ2v) is 3.45. The van der Waals surface area contributed by atoms with Crippen LogP contribution in [0.15, 0.2) is 30.5 Å². The Bertz CT molecular complexity index is 476. The number of aryl methyl sites for hydroxylation is 1. The van der Waals surface area contributed by atoms with Crippen LogP contribution in [0.5, 0.6) is 5.75 Å². The maximum Gasteiger partial charge on any atom is 0.200 e. The van der Waals surface area contributed by atoms with Gasteiger partial charge in [-0.25, -0.2) is 9.37 Å². The summed E-state index contributed by atoms with van der Waals surface area (Å²) >= 11 is 0. The van der Waals surface area contributed by atoms with E-state index >= 15 is 0 Å². The summed E-state index contributed by atoms with van der Waals surface area (Å²) in [5.74, 6) is 0.583. The van der Waals surface area contributed by atoms with E-state index in [1.807, 2.05) is 0 Å². The quantitative estimate of drug-likeness (QED) is 0.858. The van der Waals surface area contributed by atoms with E-state index < -0.39 is 0 Å². The van der Waals surface area contributed by atoms with Gasteiger partial charge >= 0.3 is 0 Å². The molecule has 0 bridgehead atoms. The van der Waals surface area contributed by atoms with Gasteiger partial charge in [0.25, 0.3) is 0 Å². The van der Waals surface area contributed by atoms with Gasteiger partial charge < -0.3 is 15.0 Å². The molecule has 5 heteroatoms. The lowest BCUT2D eigenvalue weighted by Gasteiger charge is -2.03. The summed E-state index contributed by atoms with van der Waals surface area (Å²) in [7, 11) is 1.80. The van der Waals surface area contributed by atoms with Crippen LogP contribution >= 0.6 is 0 Å². The number of ether oxygens (including phenoxy) is 1. The zero-order valence-corrected chi connectivity index (χ0v) is 8.85. The first-order valence-corrected chi connectivity index (χ1v) is 4.81. The molecule has 2 rings (SSSR count). The molecule has 0 aliphatic rings. The third-order valence-electron chi connectivity index (χ3n) is 2.14. The number of nitrogens with zero attached hydrogens (tertiary/aromatic N) is 2. The van der Waals surface area contributed by atoms with E-state index in [1.165, 1.54) is 12.1 Å². The standard InChI is InChI=1S/C11H12FN3O/c1-15-6-9(14-11(15)13)7-16-10-4-2-3-8(12)5-10/h2-6H,7H2,1H3,(H2,13,14). The van der Waals surface area contributed by atoms with Gasteiger partial charge in [0.1, 0.15) is 18.2 Å². The number of anilines is 1. The molecule has 1 aromatic carbocycles. The molecule has 0 atom stereocenters. The molecule has 2 N–H and O–H groups in total. The molecule has 0 saturated carbocycles. The van der Waals surface area contributed by atoms with Crippen molar-refractivity contribution >= 4 is 5.95 Å². The second-order valence-electron chi connectivity index (χ2n) is 3.45. The van der Waals surface area contributed by atoms with Crippen LogP contribution in [0.25, 0.3) is 0 Å². The molecule has 0 radical (unpaired) electrons. The summed E-state index contributed by atoms with van der Waals surface area (Å²) < 4.78 is 19.9. The Balaban J connectivity index is 2.02. The number of halogens is 1. The van der Waals surface area contributed by atoms with Gasteiger partial charge in [0.15, 0.2) is 5.95 Å². The SMILES string of the molecule is Cn1cc(COc2cccc(F)c2)nc1N. The van der Waals surface area contributed by atoms with Crippen LogP contribution in [0.2, 0.25) is 0 Å². The van der Waals surface area contributed by atoms with Gasteiger partial charge in [-0.1, -0.05) is 6.07 Å². The molecule has 1 heterocycles. The smallest absolute Gasteiger partial charge is 0.200 e. The summed E-state index contributed by atoms with van der Waals surface area (Å²) in [6, 6.07) is 5.98. The maximum atomic E-state index is 12.8. The summed E-state index contributed by atoms with van der Waals surface area (Å²) in [6.07, 6.45) is 1.77. The molecular weight excluding hydrogens is 209 g/mol. The van der Waals surface area contributed by atoms with Crippen LogP contribution in [0.3, 0.4) is 0 Å². The fourth-order valence-corrected chi connectivity index (χ4v) is 1.33. The molecule has 1 aromatic heterocycles. The van der Waals surface area contributed by atoms with Crippen LogP contribution in [-0.4, -0.2) is 9.55 Å². The summed E-state index contributed by atoms with van der Waals surface area (Å²) in [6.45, 7) is 0.272. The number of nitrogens with two attached hydrogens (primary N) is 1. The van der Waals surface area contributed by atoms with Crippen LogP contribution in [0, 0.1) is 5.82 Å².